The van der Waals surface area contributed by atoms with Gasteiger partial charge in [-0.15, -0.1) is 5.11 Å². The third-order valence-corrected chi connectivity index (χ3v) is 1.57. The second-order valence-electron chi connectivity index (χ2n) is 2.39. The van der Waals surface area contributed by atoms with Gasteiger partial charge in [0.15, 0.2) is 0 Å². The van der Waals surface area contributed by atoms with Crippen molar-refractivity contribution in [3.8, 4) is 0 Å². The van der Waals surface area contributed by atoms with E-state index in [-0.39, 0.29) is 0 Å². The zero-order valence-corrected chi connectivity index (χ0v) is 8.63. The van der Waals surface area contributed by atoms with Gasteiger partial charge in [-0.2, -0.15) is 0 Å². The molecule has 0 amide bonds. The molecule has 0 saturated carbocycles. The number of nitrogens with zero attached hydrogens (tertiary/aromatic N) is 1. The molecule has 1 rings (SSSR count). The molecule has 3 heteroatoms. The molecular weight excluding hydrogens is 164 g/mol. The average Bonchev–Trinajstić information content (AvgIpc) is 2.22. The maximum absolute atomic E-state index is 6.81. The van der Waals surface area contributed by atoms with E-state index in [0.29, 0.717) is 12.5 Å². The fraction of sp³-hybridized carbons (Fsp3) is 0.600. The van der Waals surface area contributed by atoms with Crippen LogP contribution >= 0.6 is 0 Å². The van der Waals surface area contributed by atoms with E-state index in [1.165, 1.54) is 0 Å². The molecule has 0 bridgehead atoms. The van der Waals surface area contributed by atoms with Gasteiger partial charge < -0.3 is 4.74 Å². The Morgan fingerprint density at radius 1 is 1.46 bits per heavy atom. The number of ether oxygens (including phenoxy) is 1. The first-order valence-corrected chi connectivity index (χ1v) is 4.74. The van der Waals surface area contributed by atoms with E-state index in [2.05, 4.69) is 5.11 Å². The summed E-state index contributed by atoms with van der Waals surface area (Å²) in [5, 5.41) is 3.30. The van der Waals surface area contributed by atoms with E-state index in [9.17, 15) is 0 Å². The summed E-state index contributed by atoms with van der Waals surface area (Å²) in [5.41, 5.74) is 7.85. The van der Waals surface area contributed by atoms with Gasteiger partial charge in [0.2, 0.25) is 5.88 Å². The lowest BCUT2D eigenvalue weighted by atomic mass is 10.1. The summed E-state index contributed by atoms with van der Waals surface area (Å²) in [7, 11) is 0. The van der Waals surface area contributed by atoms with Crippen molar-refractivity contribution in [1.29, 1.82) is 5.53 Å². The van der Waals surface area contributed by atoms with E-state index >= 15 is 0 Å². The van der Waals surface area contributed by atoms with Gasteiger partial charge >= 0.3 is 0 Å². The first-order chi connectivity index (χ1) is 6.38. The number of rotatable bonds is 2. The standard InChI is InChI=1S/C8H12N2O.C2H6/c1-2-4-7-5-3-6-11-8(7)10-9;1-2/h2,4,9H,3,5-6H2,1H3;1-2H3/b4-2-,10-9?;. The lowest BCUT2D eigenvalue weighted by molar-refractivity contribution is 0.183. The highest BCUT2D eigenvalue weighted by atomic mass is 16.5. The van der Waals surface area contributed by atoms with Crippen molar-refractivity contribution in [3.05, 3.63) is 23.6 Å². The highest BCUT2D eigenvalue weighted by Gasteiger charge is 2.09. The van der Waals surface area contributed by atoms with Crippen molar-refractivity contribution in [2.45, 2.75) is 33.6 Å². The maximum atomic E-state index is 6.81. The van der Waals surface area contributed by atoms with Crippen molar-refractivity contribution in [2.24, 2.45) is 5.11 Å². The molecule has 0 atom stereocenters. The lowest BCUT2D eigenvalue weighted by Crippen LogP contribution is -2.03. The highest BCUT2D eigenvalue weighted by Crippen LogP contribution is 2.20. The van der Waals surface area contributed by atoms with Crippen molar-refractivity contribution in [3.63, 3.8) is 0 Å². The Balaban J connectivity index is 0.000000671. The lowest BCUT2D eigenvalue weighted by Gasteiger charge is -2.14. The quantitative estimate of drug-likeness (QED) is 0.651. The van der Waals surface area contributed by atoms with E-state index in [1.54, 1.807) is 0 Å². The molecule has 1 aliphatic heterocycles. The van der Waals surface area contributed by atoms with Gasteiger partial charge in [0.1, 0.15) is 0 Å². The number of hydrogen-bond donors (Lipinski definition) is 1. The van der Waals surface area contributed by atoms with Crippen LogP contribution in [0.25, 0.3) is 0 Å². The van der Waals surface area contributed by atoms with Crippen LogP contribution in [0.1, 0.15) is 33.6 Å². The largest absolute Gasteiger partial charge is 0.476 e. The van der Waals surface area contributed by atoms with Crippen LogP contribution in [0.15, 0.2) is 28.7 Å². The Kier molecular flexibility index (Phi) is 6.88. The topological polar surface area (TPSA) is 45.4 Å². The molecular formula is C10H18N2O. The minimum Gasteiger partial charge on any atom is -0.476 e. The van der Waals surface area contributed by atoms with E-state index < -0.39 is 0 Å². The first kappa shape index (κ1) is 11.9. The van der Waals surface area contributed by atoms with Crippen molar-refractivity contribution >= 4 is 0 Å². The monoisotopic (exact) mass is 182 g/mol. The van der Waals surface area contributed by atoms with Gasteiger partial charge in [-0.3, -0.25) is 0 Å². The molecule has 3 nitrogen and oxygen atoms in total. The van der Waals surface area contributed by atoms with E-state index in [4.69, 9.17) is 10.3 Å². The molecule has 0 fully saturated rings. The van der Waals surface area contributed by atoms with Crippen LogP contribution in [0.2, 0.25) is 0 Å². The van der Waals surface area contributed by atoms with Crippen LogP contribution in [0.4, 0.5) is 0 Å². The summed E-state index contributed by atoms with van der Waals surface area (Å²) in [6.07, 6.45) is 5.89. The number of hydrogen-bond acceptors (Lipinski definition) is 3. The van der Waals surface area contributed by atoms with Crippen LogP contribution in [0.3, 0.4) is 0 Å². The molecule has 0 aromatic rings. The smallest absolute Gasteiger partial charge is 0.235 e. The summed E-state index contributed by atoms with van der Waals surface area (Å²) in [6, 6.07) is 0. The molecule has 1 aliphatic rings. The zero-order chi connectivity index (χ0) is 10.1. The van der Waals surface area contributed by atoms with Crippen molar-refractivity contribution in [1.82, 2.24) is 0 Å². The van der Waals surface area contributed by atoms with Crippen LogP contribution in [-0.4, -0.2) is 6.61 Å². The highest BCUT2D eigenvalue weighted by molar-refractivity contribution is 5.22. The van der Waals surface area contributed by atoms with E-state index in [0.717, 1.165) is 18.4 Å². The molecule has 0 aromatic heterocycles. The van der Waals surface area contributed by atoms with Gasteiger partial charge in [-0.1, -0.05) is 26.0 Å². The van der Waals surface area contributed by atoms with E-state index in [1.807, 2.05) is 32.9 Å². The fourth-order valence-electron chi connectivity index (χ4n) is 1.09. The summed E-state index contributed by atoms with van der Waals surface area (Å²) >= 11 is 0. The SMILES string of the molecule is C/C=C\C1=C(N=N)OCCC1.CC. The van der Waals surface area contributed by atoms with Crippen LogP contribution < -0.4 is 0 Å². The number of nitrogens with one attached hydrogen (secondary N) is 1. The summed E-state index contributed by atoms with van der Waals surface area (Å²) in [4.78, 5) is 0. The predicted molar refractivity (Wildman–Crippen MR) is 53.5 cm³/mol. The molecule has 13 heavy (non-hydrogen) atoms. The summed E-state index contributed by atoms with van der Waals surface area (Å²) in [5.74, 6) is 0.481. The van der Waals surface area contributed by atoms with Crippen molar-refractivity contribution in [2.75, 3.05) is 6.61 Å². The number of allylic oxidation sites excluding steroid dienone is 3. The molecule has 74 valence electrons. The van der Waals surface area contributed by atoms with Gasteiger partial charge in [-0.25, -0.2) is 5.53 Å². The van der Waals surface area contributed by atoms with Crippen LogP contribution in [-0.2, 0) is 4.74 Å². The van der Waals surface area contributed by atoms with Gasteiger partial charge in [0, 0.05) is 5.57 Å². The van der Waals surface area contributed by atoms with Crippen LogP contribution in [0, 0.1) is 5.53 Å². The van der Waals surface area contributed by atoms with Gasteiger partial charge in [0.05, 0.1) is 6.61 Å². The first-order valence-electron chi connectivity index (χ1n) is 4.74. The Morgan fingerprint density at radius 2 is 2.15 bits per heavy atom. The molecule has 0 saturated heterocycles. The summed E-state index contributed by atoms with van der Waals surface area (Å²) in [6.45, 7) is 6.64. The predicted octanol–water partition coefficient (Wildman–Crippen LogP) is 3.64. The molecule has 0 aliphatic carbocycles. The third kappa shape index (κ3) is 3.87. The minimum absolute atomic E-state index is 0.481. The molecule has 1 heterocycles. The Morgan fingerprint density at radius 3 is 2.69 bits per heavy atom. The molecule has 0 unspecified atom stereocenters. The second-order valence-corrected chi connectivity index (χ2v) is 2.39. The van der Waals surface area contributed by atoms with Gasteiger partial charge in [0.25, 0.3) is 0 Å². The maximum Gasteiger partial charge on any atom is 0.235 e. The Hall–Kier alpha value is -1.12. The third-order valence-electron chi connectivity index (χ3n) is 1.57. The summed E-state index contributed by atoms with van der Waals surface area (Å²) < 4.78 is 5.17. The fourth-order valence-corrected chi connectivity index (χ4v) is 1.09. The van der Waals surface area contributed by atoms with Crippen molar-refractivity contribution < 1.29 is 4.74 Å². The molecule has 1 N–H and O–H groups in total. The average molecular weight is 182 g/mol. The Labute approximate surface area is 80.0 Å². The molecule has 0 aromatic carbocycles. The minimum atomic E-state index is 0.481. The molecule has 0 radical (unpaired) electrons. The second kappa shape index (κ2) is 7.53. The zero-order valence-electron chi connectivity index (χ0n) is 8.63. The normalized spacial score (nSPS) is 16.2. The Bertz CT molecular complexity index is 207. The molecule has 0 spiro atoms. The van der Waals surface area contributed by atoms with Crippen LogP contribution in [0.5, 0.6) is 0 Å². The van der Waals surface area contributed by atoms with Gasteiger partial charge in [-0.05, 0) is 19.8 Å².